The zero-order chi connectivity index (χ0) is 13.2. The van der Waals surface area contributed by atoms with Crippen molar-refractivity contribution in [2.45, 2.75) is 33.3 Å². The number of hydrogen-bond acceptors (Lipinski definition) is 2. The van der Waals surface area contributed by atoms with Crippen molar-refractivity contribution >= 4 is 27.7 Å². The van der Waals surface area contributed by atoms with Gasteiger partial charge in [-0.15, -0.1) is 0 Å². The normalized spacial score (nSPS) is 11.2. The Morgan fingerprint density at radius 1 is 1.35 bits per heavy atom. The Balaban J connectivity index is 2.92. The number of aryl methyl sites for hydroxylation is 1. The molecule has 1 amide bonds. The van der Waals surface area contributed by atoms with E-state index in [1.807, 2.05) is 45.9 Å². The molecule has 0 radical (unpaired) electrons. The molecular weight excluding hydrogens is 282 g/mol. The average molecular weight is 300 g/mol. The van der Waals surface area contributed by atoms with E-state index in [4.69, 9.17) is 4.74 Å². The lowest BCUT2D eigenvalue weighted by molar-refractivity contribution is 0.0589. The first-order valence-electron chi connectivity index (χ1n) is 5.43. The summed E-state index contributed by atoms with van der Waals surface area (Å²) in [6, 6.07) is 5.81. The first-order valence-corrected chi connectivity index (χ1v) is 6.23. The maximum Gasteiger partial charge on any atom is 0.414 e. The Morgan fingerprint density at radius 2 is 1.94 bits per heavy atom. The van der Waals surface area contributed by atoms with Crippen LogP contribution in [0.5, 0.6) is 0 Å². The van der Waals surface area contributed by atoms with Crippen molar-refractivity contribution in [2.75, 3.05) is 11.9 Å². The fourth-order valence-corrected chi connectivity index (χ4v) is 1.72. The van der Waals surface area contributed by atoms with Crippen molar-refractivity contribution in [3.8, 4) is 0 Å². The van der Waals surface area contributed by atoms with Crippen molar-refractivity contribution in [2.24, 2.45) is 0 Å². The number of carbonyl (C=O) groups is 1. The van der Waals surface area contributed by atoms with Gasteiger partial charge in [0.25, 0.3) is 0 Å². The minimum absolute atomic E-state index is 0.348. The molecule has 0 heterocycles. The molecule has 4 heteroatoms. The van der Waals surface area contributed by atoms with Crippen LogP contribution >= 0.6 is 15.9 Å². The fourth-order valence-electron chi connectivity index (χ4n) is 1.37. The van der Waals surface area contributed by atoms with E-state index in [1.165, 1.54) is 4.90 Å². The molecule has 1 rings (SSSR count). The molecule has 0 N–H and O–H groups in total. The smallest absolute Gasteiger partial charge is 0.414 e. The second kappa shape index (κ2) is 5.08. The summed E-state index contributed by atoms with van der Waals surface area (Å²) in [4.78, 5) is 13.4. The van der Waals surface area contributed by atoms with Crippen LogP contribution < -0.4 is 4.90 Å². The molecule has 3 nitrogen and oxygen atoms in total. The molecule has 1 aromatic carbocycles. The molecule has 0 saturated heterocycles. The Bertz CT molecular complexity index is 424. The van der Waals surface area contributed by atoms with Gasteiger partial charge in [-0.1, -0.05) is 22.0 Å². The van der Waals surface area contributed by atoms with Gasteiger partial charge in [0.15, 0.2) is 0 Å². The van der Waals surface area contributed by atoms with Crippen molar-refractivity contribution < 1.29 is 9.53 Å². The van der Waals surface area contributed by atoms with Crippen LogP contribution in [0.2, 0.25) is 0 Å². The van der Waals surface area contributed by atoms with E-state index >= 15 is 0 Å². The molecule has 0 spiro atoms. The Kier molecular flexibility index (Phi) is 4.20. The van der Waals surface area contributed by atoms with Crippen molar-refractivity contribution in [1.29, 1.82) is 0 Å². The van der Waals surface area contributed by atoms with Crippen molar-refractivity contribution in [3.63, 3.8) is 0 Å². The summed E-state index contributed by atoms with van der Waals surface area (Å²) in [5.41, 5.74) is 1.39. The summed E-state index contributed by atoms with van der Waals surface area (Å²) in [5, 5.41) is 0. The van der Waals surface area contributed by atoms with Gasteiger partial charge in [0.1, 0.15) is 5.60 Å². The molecule has 0 bridgehead atoms. The molecule has 17 heavy (non-hydrogen) atoms. The fraction of sp³-hybridized carbons (Fsp3) is 0.462. The van der Waals surface area contributed by atoms with E-state index < -0.39 is 5.60 Å². The highest BCUT2D eigenvalue weighted by Gasteiger charge is 2.21. The number of rotatable bonds is 1. The first kappa shape index (κ1) is 14.0. The number of hydrogen-bond donors (Lipinski definition) is 0. The quantitative estimate of drug-likeness (QED) is 0.780. The van der Waals surface area contributed by atoms with Crippen molar-refractivity contribution in [3.05, 3.63) is 28.2 Å². The number of anilines is 1. The lowest BCUT2D eigenvalue weighted by atomic mass is 10.2. The van der Waals surface area contributed by atoms with Crippen LogP contribution in [0.15, 0.2) is 22.7 Å². The summed E-state index contributed by atoms with van der Waals surface area (Å²) in [6.45, 7) is 7.52. The molecule has 0 saturated carbocycles. The van der Waals surface area contributed by atoms with E-state index in [9.17, 15) is 4.79 Å². The van der Waals surface area contributed by atoms with Gasteiger partial charge in [0.2, 0.25) is 0 Å². The summed E-state index contributed by atoms with van der Waals surface area (Å²) < 4.78 is 6.26. The standard InChI is InChI=1S/C13H18BrNO2/c1-9-6-7-10(14)8-11(9)15(5)12(16)17-13(2,3)4/h6-8H,1-5H3. The van der Waals surface area contributed by atoms with E-state index in [0.717, 1.165) is 15.7 Å². The third-order valence-electron chi connectivity index (χ3n) is 2.20. The van der Waals surface area contributed by atoms with Gasteiger partial charge in [-0.3, -0.25) is 4.90 Å². The molecule has 0 unspecified atom stereocenters. The number of amides is 1. The average Bonchev–Trinajstić information content (AvgIpc) is 2.18. The van der Waals surface area contributed by atoms with Gasteiger partial charge < -0.3 is 4.74 Å². The van der Waals surface area contributed by atoms with Crippen LogP contribution in [0.25, 0.3) is 0 Å². The zero-order valence-corrected chi connectivity index (χ0v) is 12.5. The SMILES string of the molecule is Cc1ccc(Br)cc1N(C)C(=O)OC(C)(C)C. The first-order chi connectivity index (χ1) is 7.70. The predicted molar refractivity (Wildman–Crippen MR) is 73.5 cm³/mol. The molecule has 0 aromatic heterocycles. The van der Waals surface area contributed by atoms with Gasteiger partial charge in [0, 0.05) is 11.5 Å². The Labute approximate surface area is 111 Å². The topological polar surface area (TPSA) is 29.5 Å². The van der Waals surface area contributed by atoms with E-state index in [0.29, 0.717) is 0 Å². The second-order valence-electron chi connectivity index (χ2n) is 4.97. The molecule has 1 aromatic rings. The number of halogens is 1. The largest absolute Gasteiger partial charge is 0.443 e. The van der Waals surface area contributed by atoms with Crippen LogP contribution in [-0.2, 0) is 4.74 Å². The minimum Gasteiger partial charge on any atom is -0.443 e. The molecule has 0 fully saturated rings. The van der Waals surface area contributed by atoms with Gasteiger partial charge >= 0.3 is 6.09 Å². The number of carbonyl (C=O) groups excluding carboxylic acids is 1. The van der Waals surface area contributed by atoms with E-state index in [2.05, 4.69) is 15.9 Å². The Hall–Kier alpha value is -1.03. The molecule has 0 atom stereocenters. The van der Waals surface area contributed by atoms with E-state index in [-0.39, 0.29) is 6.09 Å². The lowest BCUT2D eigenvalue weighted by Crippen LogP contribution is -2.34. The van der Waals surface area contributed by atoms with Gasteiger partial charge in [0.05, 0.1) is 5.69 Å². The summed E-state index contributed by atoms with van der Waals surface area (Å²) in [7, 11) is 1.71. The highest BCUT2D eigenvalue weighted by Crippen LogP contribution is 2.25. The number of nitrogens with zero attached hydrogens (tertiary/aromatic N) is 1. The molecule has 0 aliphatic carbocycles. The van der Waals surface area contributed by atoms with Crippen LogP contribution in [0, 0.1) is 6.92 Å². The Morgan fingerprint density at radius 3 is 2.47 bits per heavy atom. The summed E-state index contributed by atoms with van der Waals surface area (Å²) in [5.74, 6) is 0. The van der Waals surface area contributed by atoms with Gasteiger partial charge in [-0.2, -0.15) is 0 Å². The van der Waals surface area contributed by atoms with Crippen LogP contribution in [0.4, 0.5) is 10.5 Å². The predicted octanol–water partition coefficient (Wildman–Crippen LogP) is 4.13. The third-order valence-corrected chi connectivity index (χ3v) is 2.69. The maximum absolute atomic E-state index is 11.9. The van der Waals surface area contributed by atoms with Crippen molar-refractivity contribution in [1.82, 2.24) is 0 Å². The highest BCUT2D eigenvalue weighted by atomic mass is 79.9. The molecule has 0 aliphatic heterocycles. The monoisotopic (exact) mass is 299 g/mol. The summed E-state index contributed by atoms with van der Waals surface area (Å²) >= 11 is 3.40. The van der Waals surface area contributed by atoms with Crippen LogP contribution in [0.1, 0.15) is 26.3 Å². The van der Waals surface area contributed by atoms with Gasteiger partial charge in [-0.05, 0) is 45.4 Å². The van der Waals surface area contributed by atoms with Crippen LogP contribution in [-0.4, -0.2) is 18.7 Å². The summed E-state index contributed by atoms with van der Waals surface area (Å²) in [6.07, 6.45) is -0.348. The third kappa shape index (κ3) is 4.04. The molecule has 94 valence electrons. The minimum atomic E-state index is -0.481. The zero-order valence-electron chi connectivity index (χ0n) is 10.9. The van der Waals surface area contributed by atoms with E-state index in [1.54, 1.807) is 7.05 Å². The molecular formula is C13H18BrNO2. The molecule has 0 aliphatic rings. The van der Waals surface area contributed by atoms with Crippen LogP contribution in [0.3, 0.4) is 0 Å². The second-order valence-corrected chi connectivity index (χ2v) is 5.89. The number of benzene rings is 1. The maximum atomic E-state index is 11.9. The van der Waals surface area contributed by atoms with Gasteiger partial charge in [-0.25, -0.2) is 4.79 Å². The highest BCUT2D eigenvalue weighted by molar-refractivity contribution is 9.10. The number of ether oxygens (including phenoxy) is 1. The lowest BCUT2D eigenvalue weighted by Gasteiger charge is -2.25.